The number of para-hydroxylation sites is 1. The molecular formula is C19H21N3O3S. The lowest BCUT2D eigenvalue weighted by molar-refractivity contribution is -0.116. The fourth-order valence-corrected chi connectivity index (χ4v) is 3.70. The number of thiophene rings is 1. The van der Waals surface area contributed by atoms with E-state index in [0.29, 0.717) is 22.4 Å². The maximum absolute atomic E-state index is 12.8. The molecule has 26 heavy (non-hydrogen) atoms. The zero-order valence-corrected chi connectivity index (χ0v) is 15.8. The van der Waals surface area contributed by atoms with Gasteiger partial charge in [0.1, 0.15) is 11.2 Å². The van der Waals surface area contributed by atoms with Crippen molar-refractivity contribution in [1.29, 1.82) is 0 Å². The molecule has 3 rings (SSSR count). The van der Waals surface area contributed by atoms with Gasteiger partial charge < -0.3 is 5.32 Å². The normalized spacial score (nSPS) is 11.2. The standard InChI is InChI=1S/C19H21N3O3S/c1-12(2)10-22-18(24)17-15(8-9-26-17)21(19(22)25)11-16(23)20-14-7-5-4-6-13(14)3/h4-9,12H,10-11H2,1-3H3,(H,20,23). The van der Waals surface area contributed by atoms with Crippen LogP contribution in [-0.2, 0) is 17.9 Å². The van der Waals surface area contributed by atoms with E-state index in [2.05, 4.69) is 5.32 Å². The van der Waals surface area contributed by atoms with Gasteiger partial charge in [-0.1, -0.05) is 32.0 Å². The largest absolute Gasteiger partial charge is 0.332 e. The number of carbonyl (C=O) groups is 1. The van der Waals surface area contributed by atoms with Crippen molar-refractivity contribution in [2.24, 2.45) is 5.92 Å². The monoisotopic (exact) mass is 371 g/mol. The average molecular weight is 371 g/mol. The smallest absolute Gasteiger partial charge is 0.324 e. The first-order valence-electron chi connectivity index (χ1n) is 8.44. The van der Waals surface area contributed by atoms with Crippen LogP contribution >= 0.6 is 11.3 Å². The van der Waals surface area contributed by atoms with Crippen LogP contribution in [0.2, 0.25) is 0 Å². The van der Waals surface area contributed by atoms with E-state index in [1.165, 1.54) is 20.5 Å². The molecule has 1 amide bonds. The third-order valence-electron chi connectivity index (χ3n) is 4.11. The summed E-state index contributed by atoms with van der Waals surface area (Å²) in [5.74, 6) is -0.157. The third kappa shape index (κ3) is 3.48. The minimum atomic E-state index is -0.450. The Hall–Kier alpha value is -2.67. The highest BCUT2D eigenvalue weighted by Gasteiger charge is 2.17. The van der Waals surface area contributed by atoms with Crippen LogP contribution in [0.15, 0.2) is 45.3 Å². The second-order valence-corrected chi connectivity index (χ2v) is 7.59. The van der Waals surface area contributed by atoms with Crippen LogP contribution < -0.4 is 16.6 Å². The molecule has 0 aliphatic heterocycles. The number of rotatable bonds is 5. The van der Waals surface area contributed by atoms with E-state index in [9.17, 15) is 14.4 Å². The maximum Gasteiger partial charge on any atom is 0.332 e. The Morgan fingerprint density at radius 2 is 1.88 bits per heavy atom. The van der Waals surface area contributed by atoms with Crippen LogP contribution in [0.1, 0.15) is 19.4 Å². The summed E-state index contributed by atoms with van der Waals surface area (Å²) in [5, 5.41) is 4.60. The fourth-order valence-electron chi connectivity index (χ4n) is 2.86. The van der Waals surface area contributed by atoms with Gasteiger partial charge in [-0.25, -0.2) is 4.79 Å². The summed E-state index contributed by atoms with van der Waals surface area (Å²) in [4.78, 5) is 37.9. The zero-order valence-electron chi connectivity index (χ0n) is 15.0. The van der Waals surface area contributed by atoms with E-state index in [1.54, 1.807) is 11.4 Å². The van der Waals surface area contributed by atoms with Crippen molar-refractivity contribution in [2.75, 3.05) is 5.32 Å². The highest BCUT2D eigenvalue weighted by molar-refractivity contribution is 7.17. The van der Waals surface area contributed by atoms with Gasteiger partial charge in [-0.3, -0.25) is 18.7 Å². The van der Waals surface area contributed by atoms with Crippen molar-refractivity contribution in [3.8, 4) is 0 Å². The Morgan fingerprint density at radius 1 is 1.15 bits per heavy atom. The molecule has 0 spiro atoms. The second kappa shape index (κ2) is 7.29. The van der Waals surface area contributed by atoms with Crippen molar-refractivity contribution in [3.05, 3.63) is 62.1 Å². The molecule has 0 fully saturated rings. The molecule has 0 radical (unpaired) electrons. The average Bonchev–Trinajstić information content (AvgIpc) is 3.07. The molecule has 6 nitrogen and oxygen atoms in total. The van der Waals surface area contributed by atoms with Gasteiger partial charge >= 0.3 is 5.69 Å². The summed E-state index contributed by atoms with van der Waals surface area (Å²) in [5.41, 5.74) is 1.42. The van der Waals surface area contributed by atoms with Gasteiger partial charge in [-0.15, -0.1) is 11.3 Å². The van der Waals surface area contributed by atoms with Crippen LogP contribution in [0, 0.1) is 12.8 Å². The molecule has 3 aromatic rings. The lowest BCUT2D eigenvalue weighted by atomic mass is 10.2. The minimum absolute atomic E-state index is 0.140. The lowest BCUT2D eigenvalue weighted by Gasteiger charge is -2.14. The Balaban J connectivity index is 2.00. The number of amides is 1. The summed E-state index contributed by atoms with van der Waals surface area (Å²) in [6.07, 6.45) is 0. The molecule has 0 aliphatic rings. The van der Waals surface area contributed by atoms with Gasteiger partial charge in [0.05, 0.1) is 5.52 Å². The van der Waals surface area contributed by atoms with Crippen molar-refractivity contribution < 1.29 is 4.79 Å². The zero-order chi connectivity index (χ0) is 18.8. The summed E-state index contributed by atoms with van der Waals surface area (Å²) in [6.45, 7) is 5.98. The summed E-state index contributed by atoms with van der Waals surface area (Å²) >= 11 is 1.29. The Morgan fingerprint density at radius 3 is 2.58 bits per heavy atom. The highest BCUT2D eigenvalue weighted by Crippen LogP contribution is 2.16. The predicted octanol–water partition coefficient (Wildman–Crippen LogP) is 2.83. The first kappa shape index (κ1) is 18.1. The van der Waals surface area contributed by atoms with Crippen LogP contribution in [0.25, 0.3) is 10.2 Å². The number of nitrogens with one attached hydrogen (secondary N) is 1. The number of hydrogen-bond acceptors (Lipinski definition) is 4. The molecule has 136 valence electrons. The molecule has 2 heterocycles. The summed E-state index contributed by atoms with van der Waals surface area (Å²) in [7, 11) is 0. The minimum Gasteiger partial charge on any atom is -0.324 e. The first-order valence-corrected chi connectivity index (χ1v) is 9.32. The van der Waals surface area contributed by atoms with Crippen molar-refractivity contribution in [2.45, 2.75) is 33.9 Å². The molecule has 7 heteroatoms. The quantitative estimate of drug-likeness (QED) is 0.749. The van der Waals surface area contributed by atoms with Gasteiger partial charge in [0, 0.05) is 12.2 Å². The number of anilines is 1. The van der Waals surface area contributed by atoms with E-state index in [-0.39, 0.29) is 23.9 Å². The van der Waals surface area contributed by atoms with Crippen molar-refractivity contribution in [1.82, 2.24) is 9.13 Å². The Bertz CT molecular complexity index is 1080. The van der Waals surface area contributed by atoms with E-state index in [4.69, 9.17) is 0 Å². The van der Waals surface area contributed by atoms with E-state index in [1.807, 2.05) is 45.0 Å². The van der Waals surface area contributed by atoms with Crippen LogP contribution in [0.3, 0.4) is 0 Å². The molecule has 0 aliphatic carbocycles. The molecule has 0 bridgehead atoms. The summed E-state index contributed by atoms with van der Waals surface area (Å²) < 4.78 is 3.10. The number of benzene rings is 1. The van der Waals surface area contributed by atoms with Crippen molar-refractivity contribution in [3.63, 3.8) is 0 Å². The number of hydrogen-bond donors (Lipinski definition) is 1. The summed E-state index contributed by atoms with van der Waals surface area (Å²) in [6, 6.07) is 9.17. The number of nitrogens with zero attached hydrogens (tertiary/aromatic N) is 2. The Labute approximate surface area is 154 Å². The van der Waals surface area contributed by atoms with E-state index >= 15 is 0 Å². The SMILES string of the molecule is Cc1ccccc1NC(=O)Cn1c(=O)n(CC(C)C)c(=O)c2sccc21. The third-order valence-corrected chi connectivity index (χ3v) is 5.00. The first-order chi connectivity index (χ1) is 12.4. The second-order valence-electron chi connectivity index (χ2n) is 6.68. The van der Waals surface area contributed by atoms with Gasteiger partial charge in [0.2, 0.25) is 5.91 Å². The van der Waals surface area contributed by atoms with Gasteiger partial charge in [0.15, 0.2) is 0 Å². The lowest BCUT2D eigenvalue weighted by Crippen LogP contribution is -2.42. The molecule has 0 atom stereocenters. The highest BCUT2D eigenvalue weighted by atomic mass is 32.1. The topological polar surface area (TPSA) is 73.1 Å². The maximum atomic E-state index is 12.8. The predicted molar refractivity (Wildman–Crippen MR) is 105 cm³/mol. The fraction of sp³-hybridized carbons (Fsp3) is 0.316. The van der Waals surface area contributed by atoms with Crippen LogP contribution in [0.4, 0.5) is 5.69 Å². The molecule has 0 unspecified atom stereocenters. The van der Waals surface area contributed by atoms with Crippen LogP contribution in [-0.4, -0.2) is 15.0 Å². The van der Waals surface area contributed by atoms with Gasteiger partial charge in [-0.05, 0) is 35.9 Å². The molecular weight excluding hydrogens is 350 g/mol. The van der Waals surface area contributed by atoms with Crippen LogP contribution in [0.5, 0.6) is 0 Å². The molecule has 2 aromatic heterocycles. The molecule has 0 saturated heterocycles. The number of aromatic nitrogens is 2. The van der Waals surface area contributed by atoms with Gasteiger partial charge in [-0.2, -0.15) is 0 Å². The number of carbonyl (C=O) groups excluding carboxylic acids is 1. The van der Waals surface area contributed by atoms with E-state index in [0.717, 1.165) is 5.56 Å². The molecule has 0 saturated carbocycles. The molecule has 1 N–H and O–H groups in total. The van der Waals surface area contributed by atoms with E-state index < -0.39 is 5.69 Å². The van der Waals surface area contributed by atoms with Crippen molar-refractivity contribution >= 4 is 33.1 Å². The Kier molecular flexibility index (Phi) is 5.08. The number of fused-ring (bicyclic) bond motifs is 1. The number of aryl methyl sites for hydroxylation is 1. The molecule has 1 aromatic carbocycles. The van der Waals surface area contributed by atoms with Gasteiger partial charge in [0.25, 0.3) is 5.56 Å².